The number of carbonyl (C=O) groups is 3. The maximum absolute atomic E-state index is 13.1. The second-order valence-corrected chi connectivity index (χ2v) is 10.1. The summed E-state index contributed by atoms with van der Waals surface area (Å²) < 4.78 is 0. The molecule has 0 radical (unpaired) electrons. The molecule has 7 heteroatoms. The highest BCUT2D eigenvalue weighted by atomic mass is 16.2. The molecule has 1 N–H and O–H groups in total. The van der Waals surface area contributed by atoms with E-state index in [1.165, 1.54) is 16.3 Å². The molecule has 0 unspecified atom stereocenters. The summed E-state index contributed by atoms with van der Waals surface area (Å²) in [5.74, 6) is 0.263. The molecule has 180 valence electrons. The zero-order chi connectivity index (χ0) is 23.7. The largest absolute Gasteiger partial charge is 0.339 e. The van der Waals surface area contributed by atoms with Crippen LogP contribution in [-0.2, 0) is 16.1 Å². The van der Waals surface area contributed by atoms with Gasteiger partial charge in [-0.25, -0.2) is 4.79 Å². The van der Waals surface area contributed by atoms with Crippen molar-refractivity contribution in [1.82, 2.24) is 20.0 Å². The minimum absolute atomic E-state index is 0.146. The Hall–Kier alpha value is -2.93. The van der Waals surface area contributed by atoms with E-state index >= 15 is 0 Å². The fourth-order valence-electron chi connectivity index (χ4n) is 5.80. The van der Waals surface area contributed by atoms with Crippen molar-refractivity contribution in [3.63, 3.8) is 0 Å². The van der Waals surface area contributed by atoms with Crippen LogP contribution in [0.2, 0.25) is 0 Å². The lowest BCUT2D eigenvalue weighted by Crippen LogP contribution is -2.52. The van der Waals surface area contributed by atoms with E-state index in [4.69, 9.17) is 0 Å². The monoisotopic (exact) mass is 462 g/mol. The fraction of sp³-hybridized carbons (Fsp3) is 0.519. The number of amides is 4. The van der Waals surface area contributed by atoms with Gasteiger partial charge in [0, 0.05) is 32.7 Å². The molecule has 2 aromatic rings. The Morgan fingerprint density at radius 2 is 1.71 bits per heavy atom. The Morgan fingerprint density at radius 3 is 2.44 bits per heavy atom. The Morgan fingerprint density at radius 1 is 1.00 bits per heavy atom. The second kappa shape index (κ2) is 9.37. The molecule has 1 aliphatic carbocycles. The van der Waals surface area contributed by atoms with Crippen molar-refractivity contribution >= 4 is 28.6 Å². The molecular formula is C27H34N4O3. The standard InChI is InChI=1S/C27H34N4O3/c1-2-20-10-12-27(13-11-20)25(33)31(26(34)28-27)19-24(32)30-16-14-29(15-17-30)18-22-8-5-7-21-6-3-4-9-23(21)22/h3-9,20H,2,10-19H2,1H3,(H,28,34). The molecule has 0 aromatic heterocycles. The second-order valence-electron chi connectivity index (χ2n) is 10.1. The van der Waals surface area contributed by atoms with Gasteiger partial charge in [-0.1, -0.05) is 55.8 Å². The number of nitrogens with one attached hydrogen (secondary N) is 1. The van der Waals surface area contributed by atoms with E-state index in [9.17, 15) is 14.4 Å². The lowest BCUT2D eigenvalue weighted by atomic mass is 9.75. The SMILES string of the molecule is CCC1CCC2(CC1)NC(=O)N(CC(=O)N1CCN(Cc3cccc4ccccc34)CC1)C2=O. The quantitative estimate of drug-likeness (QED) is 0.692. The smallest absolute Gasteiger partial charge is 0.325 e. The maximum Gasteiger partial charge on any atom is 0.325 e. The lowest BCUT2D eigenvalue weighted by molar-refractivity contribution is -0.140. The number of carbonyl (C=O) groups excluding carboxylic acids is 3. The topological polar surface area (TPSA) is 73.0 Å². The van der Waals surface area contributed by atoms with Gasteiger partial charge in [0.15, 0.2) is 0 Å². The molecule has 1 saturated carbocycles. The van der Waals surface area contributed by atoms with Crippen molar-refractivity contribution in [1.29, 1.82) is 0 Å². The number of piperazine rings is 1. The molecule has 3 aliphatic rings. The van der Waals surface area contributed by atoms with Crippen LogP contribution in [0, 0.1) is 5.92 Å². The van der Waals surface area contributed by atoms with E-state index in [2.05, 4.69) is 59.6 Å². The highest BCUT2D eigenvalue weighted by molar-refractivity contribution is 6.09. The van der Waals surface area contributed by atoms with Gasteiger partial charge < -0.3 is 10.2 Å². The summed E-state index contributed by atoms with van der Waals surface area (Å²) in [6, 6.07) is 14.4. The van der Waals surface area contributed by atoms with Gasteiger partial charge in [-0.05, 0) is 47.9 Å². The summed E-state index contributed by atoms with van der Waals surface area (Å²) in [4.78, 5) is 44.0. The third-order valence-electron chi connectivity index (χ3n) is 8.07. The first-order valence-corrected chi connectivity index (χ1v) is 12.6. The summed E-state index contributed by atoms with van der Waals surface area (Å²) >= 11 is 0. The van der Waals surface area contributed by atoms with E-state index in [1.807, 2.05) is 0 Å². The number of fused-ring (bicyclic) bond motifs is 1. The lowest BCUT2D eigenvalue weighted by Gasteiger charge is -2.36. The average molecular weight is 463 g/mol. The number of benzene rings is 2. The van der Waals surface area contributed by atoms with Crippen LogP contribution in [0.3, 0.4) is 0 Å². The van der Waals surface area contributed by atoms with Crippen molar-refractivity contribution in [3.8, 4) is 0 Å². The number of hydrogen-bond acceptors (Lipinski definition) is 4. The van der Waals surface area contributed by atoms with Crippen LogP contribution in [-0.4, -0.2) is 70.8 Å². The molecule has 7 nitrogen and oxygen atoms in total. The number of imide groups is 1. The highest BCUT2D eigenvalue weighted by Crippen LogP contribution is 2.37. The average Bonchev–Trinajstić information content (AvgIpc) is 3.09. The predicted molar refractivity (Wildman–Crippen MR) is 131 cm³/mol. The minimum Gasteiger partial charge on any atom is -0.339 e. The Kier molecular flexibility index (Phi) is 6.30. The number of hydrogen-bond donors (Lipinski definition) is 1. The van der Waals surface area contributed by atoms with Gasteiger partial charge in [0.2, 0.25) is 5.91 Å². The van der Waals surface area contributed by atoms with E-state index in [0.717, 1.165) is 43.8 Å². The zero-order valence-electron chi connectivity index (χ0n) is 20.0. The molecular weight excluding hydrogens is 428 g/mol. The van der Waals surface area contributed by atoms with Crippen LogP contribution in [0.25, 0.3) is 10.8 Å². The van der Waals surface area contributed by atoms with Gasteiger partial charge in [0.25, 0.3) is 5.91 Å². The van der Waals surface area contributed by atoms with E-state index < -0.39 is 11.6 Å². The molecule has 4 amide bonds. The third-order valence-corrected chi connectivity index (χ3v) is 8.07. The first kappa shape index (κ1) is 22.8. The molecule has 3 fully saturated rings. The first-order valence-electron chi connectivity index (χ1n) is 12.6. The van der Waals surface area contributed by atoms with Gasteiger partial charge in [-0.3, -0.25) is 19.4 Å². The molecule has 2 saturated heterocycles. The van der Waals surface area contributed by atoms with Gasteiger partial charge in [0.1, 0.15) is 12.1 Å². The zero-order valence-corrected chi connectivity index (χ0v) is 20.0. The summed E-state index contributed by atoms with van der Waals surface area (Å²) in [5, 5.41) is 5.44. The van der Waals surface area contributed by atoms with Crippen molar-refractivity contribution in [3.05, 3.63) is 48.0 Å². The first-order chi connectivity index (χ1) is 16.5. The summed E-state index contributed by atoms with van der Waals surface area (Å²) in [6.45, 7) is 5.62. The number of rotatable bonds is 5. The molecule has 34 heavy (non-hydrogen) atoms. The molecule has 5 rings (SSSR count). The van der Waals surface area contributed by atoms with Crippen LogP contribution in [0.5, 0.6) is 0 Å². The van der Waals surface area contributed by atoms with Crippen molar-refractivity contribution in [2.24, 2.45) is 5.92 Å². The van der Waals surface area contributed by atoms with E-state index in [1.54, 1.807) is 4.90 Å². The molecule has 0 bridgehead atoms. The molecule has 2 aliphatic heterocycles. The third kappa shape index (κ3) is 4.29. The van der Waals surface area contributed by atoms with Crippen LogP contribution in [0.4, 0.5) is 4.79 Å². The van der Waals surface area contributed by atoms with Gasteiger partial charge in [-0.15, -0.1) is 0 Å². The van der Waals surface area contributed by atoms with Gasteiger partial charge in [0.05, 0.1) is 0 Å². The highest BCUT2D eigenvalue weighted by Gasteiger charge is 2.52. The van der Waals surface area contributed by atoms with Crippen molar-refractivity contribution in [2.45, 2.75) is 51.1 Å². The Bertz CT molecular complexity index is 1080. The summed E-state index contributed by atoms with van der Waals surface area (Å²) in [6.07, 6.45) is 4.35. The molecule has 2 heterocycles. The molecule has 0 atom stereocenters. The molecule has 2 aromatic carbocycles. The molecule has 1 spiro atoms. The van der Waals surface area contributed by atoms with Gasteiger partial charge >= 0.3 is 6.03 Å². The summed E-state index contributed by atoms with van der Waals surface area (Å²) in [7, 11) is 0. The normalized spacial score (nSPS) is 25.9. The van der Waals surface area contributed by atoms with Crippen LogP contribution >= 0.6 is 0 Å². The van der Waals surface area contributed by atoms with Gasteiger partial charge in [-0.2, -0.15) is 0 Å². The van der Waals surface area contributed by atoms with Crippen molar-refractivity contribution < 1.29 is 14.4 Å². The van der Waals surface area contributed by atoms with Crippen LogP contribution < -0.4 is 5.32 Å². The van der Waals surface area contributed by atoms with E-state index in [-0.39, 0.29) is 18.4 Å². The number of nitrogens with zero attached hydrogens (tertiary/aromatic N) is 3. The van der Waals surface area contributed by atoms with Crippen molar-refractivity contribution in [2.75, 3.05) is 32.7 Å². The maximum atomic E-state index is 13.1. The number of urea groups is 1. The van der Waals surface area contributed by atoms with Crippen LogP contribution in [0.15, 0.2) is 42.5 Å². The predicted octanol–water partition coefficient (Wildman–Crippen LogP) is 3.37. The minimum atomic E-state index is -0.791. The van der Waals surface area contributed by atoms with Crippen LogP contribution in [0.1, 0.15) is 44.6 Å². The fourth-order valence-corrected chi connectivity index (χ4v) is 5.80. The van der Waals surface area contributed by atoms with E-state index in [0.29, 0.717) is 31.8 Å². The Labute approximate surface area is 201 Å². The summed E-state index contributed by atoms with van der Waals surface area (Å²) in [5.41, 5.74) is 0.500. The Balaban J connectivity index is 1.16.